The van der Waals surface area contributed by atoms with E-state index in [1.54, 1.807) is 6.07 Å². The molecule has 3 aromatic carbocycles. The van der Waals surface area contributed by atoms with Crippen LogP contribution in [0, 0.1) is 5.92 Å². The number of anilines is 1. The summed E-state index contributed by atoms with van der Waals surface area (Å²) in [5, 5.41) is 8.11. The number of rotatable bonds is 8. The summed E-state index contributed by atoms with van der Waals surface area (Å²) >= 11 is 0. The van der Waals surface area contributed by atoms with E-state index < -0.39 is 0 Å². The number of aromatic nitrogens is 1. The highest BCUT2D eigenvalue weighted by molar-refractivity contribution is 6.08. The van der Waals surface area contributed by atoms with Gasteiger partial charge in [0.05, 0.1) is 29.1 Å². The number of hydrazone groups is 1. The van der Waals surface area contributed by atoms with Crippen molar-refractivity contribution in [3.63, 3.8) is 0 Å². The molecular weight excluding hydrogens is 488 g/mol. The molecule has 5 rings (SSSR count). The van der Waals surface area contributed by atoms with Gasteiger partial charge in [0.25, 0.3) is 5.91 Å². The lowest BCUT2D eigenvalue weighted by Gasteiger charge is -2.11. The van der Waals surface area contributed by atoms with E-state index >= 15 is 0 Å². The number of para-hydroxylation sites is 1. The van der Waals surface area contributed by atoms with E-state index in [2.05, 4.69) is 15.8 Å². The molecule has 7 nitrogen and oxygen atoms in total. The molecule has 1 aliphatic carbocycles. The predicted molar refractivity (Wildman–Crippen MR) is 155 cm³/mol. The van der Waals surface area contributed by atoms with Gasteiger partial charge < -0.3 is 10.1 Å². The van der Waals surface area contributed by atoms with Gasteiger partial charge in [-0.2, -0.15) is 5.10 Å². The van der Waals surface area contributed by atoms with Crippen molar-refractivity contribution in [1.82, 2.24) is 10.4 Å². The largest absolute Gasteiger partial charge is 0.494 e. The van der Waals surface area contributed by atoms with Crippen LogP contribution in [0.1, 0.15) is 55.5 Å². The second-order valence-electron chi connectivity index (χ2n) is 9.72. The summed E-state index contributed by atoms with van der Waals surface area (Å²) < 4.78 is 5.55. The summed E-state index contributed by atoms with van der Waals surface area (Å²) in [6, 6.07) is 24.5. The Labute approximate surface area is 228 Å². The number of pyridine rings is 1. The molecule has 1 aromatic heterocycles. The SMILES string of the molecule is CCOc1ccc(-c2cc(C(=O)NN=C(C)c3ccc(NC(=O)C4CCCC4)cc3)c3ccccc3n2)cc1. The summed E-state index contributed by atoms with van der Waals surface area (Å²) in [6.07, 6.45) is 4.17. The highest BCUT2D eigenvalue weighted by atomic mass is 16.5. The lowest BCUT2D eigenvalue weighted by molar-refractivity contribution is -0.119. The molecule has 0 atom stereocenters. The molecule has 1 fully saturated rings. The standard InChI is InChI=1S/C32H32N4O3/c1-3-39-26-18-14-23(15-19-26)30-20-28(27-10-6-7-11-29(27)34-30)32(38)36-35-21(2)22-12-16-25(17-13-22)33-31(37)24-8-4-5-9-24/h6-7,10-20,24H,3-5,8-9H2,1-2H3,(H,33,37)(H,36,38). The fraction of sp³-hybridized carbons (Fsp3) is 0.250. The molecule has 2 N–H and O–H groups in total. The molecular formula is C32H32N4O3. The van der Waals surface area contributed by atoms with Crippen molar-refractivity contribution in [2.45, 2.75) is 39.5 Å². The Hall–Kier alpha value is -4.52. The average Bonchev–Trinajstić information content (AvgIpc) is 3.52. The molecule has 198 valence electrons. The first-order valence-electron chi connectivity index (χ1n) is 13.4. The molecule has 1 aliphatic rings. The van der Waals surface area contributed by atoms with Gasteiger partial charge in [-0.25, -0.2) is 10.4 Å². The molecule has 4 aromatic rings. The third-order valence-electron chi connectivity index (χ3n) is 7.04. The molecule has 0 saturated heterocycles. The predicted octanol–water partition coefficient (Wildman–Crippen LogP) is 6.58. The van der Waals surface area contributed by atoms with Crippen LogP contribution in [-0.4, -0.2) is 29.1 Å². The first-order chi connectivity index (χ1) is 19.0. The van der Waals surface area contributed by atoms with Crippen LogP contribution in [0.15, 0.2) is 84.0 Å². The Morgan fingerprint density at radius 2 is 1.69 bits per heavy atom. The van der Waals surface area contributed by atoms with E-state index in [4.69, 9.17) is 9.72 Å². The Balaban J connectivity index is 1.32. The summed E-state index contributed by atoms with van der Waals surface area (Å²) in [4.78, 5) is 30.5. The Kier molecular flexibility index (Phi) is 7.96. The van der Waals surface area contributed by atoms with Gasteiger partial charge in [-0.05, 0) is 80.8 Å². The van der Waals surface area contributed by atoms with Crippen molar-refractivity contribution in [1.29, 1.82) is 0 Å². The third kappa shape index (κ3) is 6.14. The highest BCUT2D eigenvalue weighted by Crippen LogP contribution is 2.27. The van der Waals surface area contributed by atoms with Crippen molar-refractivity contribution >= 4 is 34.1 Å². The number of hydrogen-bond acceptors (Lipinski definition) is 5. The Morgan fingerprint density at radius 1 is 0.974 bits per heavy atom. The van der Waals surface area contributed by atoms with E-state index in [9.17, 15) is 9.59 Å². The molecule has 0 bridgehead atoms. The number of hydrogen-bond donors (Lipinski definition) is 2. The number of fused-ring (bicyclic) bond motifs is 1. The molecule has 7 heteroatoms. The minimum absolute atomic E-state index is 0.0899. The summed E-state index contributed by atoms with van der Waals surface area (Å²) in [5.41, 5.74) is 7.77. The van der Waals surface area contributed by atoms with E-state index in [1.165, 1.54) is 0 Å². The summed E-state index contributed by atoms with van der Waals surface area (Å²) in [5.74, 6) is 0.670. The van der Waals surface area contributed by atoms with Crippen molar-refractivity contribution in [2.75, 3.05) is 11.9 Å². The van der Waals surface area contributed by atoms with Gasteiger partial charge in [-0.15, -0.1) is 0 Å². The maximum atomic E-state index is 13.3. The van der Waals surface area contributed by atoms with Crippen LogP contribution in [0.5, 0.6) is 5.75 Å². The van der Waals surface area contributed by atoms with Gasteiger partial charge in [0.2, 0.25) is 5.91 Å². The number of benzene rings is 3. The van der Waals surface area contributed by atoms with Crippen LogP contribution >= 0.6 is 0 Å². The van der Waals surface area contributed by atoms with Crippen molar-refractivity contribution in [2.24, 2.45) is 11.0 Å². The molecule has 0 unspecified atom stereocenters. The lowest BCUT2D eigenvalue weighted by Crippen LogP contribution is -2.20. The smallest absolute Gasteiger partial charge is 0.272 e. The number of nitrogens with zero attached hydrogens (tertiary/aromatic N) is 2. The number of carbonyl (C=O) groups excluding carboxylic acids is 2. The van der Waals surface area contributed by atoms with E-state index in [0.29, 0.717) is 23.6 Å². The Bertz CT molecular complexity index is 1510. The van der Waals surface area contributed by atoms with Crippen LogP contribution in [0.3, 0.4) is 0 Å². The van der Waals surface area contributed by atoms with Gasteiger partial charge >= 0.3 is 0 Å². The second kappa shape index (κ2) is 11.9. The van der Waals surface area contributed by atoms with Crippen LogP contribution in [0.2, 0.25) is 0 Å². The van der Waals surface area contributed by atoms with Gasteiger partial charge in [-0.1, -0.05) is 43.2 Å². The molecule has 1 saturated carbocycles. The summed E-state index contributed by atoms with van der Waals surface area (Å²) in [7, 11) is 0. The lowest BCUT2D eigenvalue weighted by atomic mass is 10.0. The molecule has 39 heavy (non-hydrogen) atoms. The number of carbonyl (C=O) groups is 2. The monoisotopic (exact) mass is 520 g/mol. The fourth-order valence-electron chi connectivity index (χ4n) is 4.89. The maximum Gasteiger partial charge on any atom is 0.272 e. The van der Waals surface area contributed by atoms with E-state index in [-0.39, 0.29) is 17.7 Å². The van der Waals surface area contributed by atoms with Crippen LogP contribution in [-0.2, 0) is 4.79 Å². The average molecular weight is 521 g/mol. The quantitative estimate of drug-likeness (QED) is 0.203. The zero-order valence-corrected chi connectivity index (χ0v) is 22.2. The zero-order chi connectivity index (χ0) is 27.2. The van der Waals surface area contributed by atoms with Gasteiger partial charge in [-0.3, -0.25) is 9.59 Å². The summed E-state index contributed by atoms with van der Waals surface area (Å²) in [6.45, 7) is 4.38. The van der Waals surface area contributed by atoms with Gasteiger partial charge in [0, 0.05) is 22.6 Å². The molecule has 2 amide bonds. The fourth-order valence-corrected chi connectivity index (χ4v) is 4.89. The highest BCUT2D eigenvalue weighted by Gasteiger charge is 2.22. The molecule has 0 radical (unpaired) electrons. The first-order valence-corrected chi connectivity index (χ1v) is 13.4. The second-order valence-corrected chi connectivity index (χ2v) is 9.72. The minimum Gasteiger partial charge on any atom is -0.494 e. The van der Waals surface area contributed by atoms with Crippen LogP contribution in [0.4, 0.5) is 5.69 Å². The zero-order valence-electron chi connectivity index (χ0n) is 22.2. The molecule has 0 spiro atoms. The van der Waals surface area contributed by atoms with E-state index in [1.807, 2.05) is 86.6 Å². The number of ether oxygens (including phenoxy) is 1. The number of amides is 2. The van der Waals surface area contributed by atoms with Crippen molar-refractivity contribution in [3.05, 3.63) is 90.0 Å². The van der Waals surface area contributed by atoms with E-state index in [0.717, 1.165) is 59.2 Å². The van der Waals surface area contributed by atoms with Crippen LogP contribution < -0.4 is 15.5 Å². The van der Waals surface area contributed by atoms with Crippen molar-refractivity contribution in [3.8, 4) is 17.0 Å². The normalized spacial score (nSPS) is 13.8. The first kappa shape index (κ1) is 26.1. The number of nitrogens with one attached hydrogen (secondary N) is 2. The van der Waals surface area contributed by atoms with Crippen LogP contribution in [0.25, 0.3) is 22.2 Å². The van der Waals surface area contributed by atoms with Crippen molar-refractivity contribution < 1.29 is 14.3 Å². The molecule has 1 heterocycles. The topological polar surface area (TPSA) is 92.7 Å². The third-order valence-corrected chi connectivity index (χ3v) is 7.04. The maximum absolute atomic E-state index is 13.3. The molecule has 0 aliphatic heterocycles. The minimum atomic E-state index is -0.319. The Morgan fingerprint density at radius 3 is 2.41 bits per heavy atom. The van der Waals surface area contributed by atoms with Gasteiger partial charge in [0.15, 0.2) is 0 Å². The van der Waals surface area contributed by atoms with Gasteiger partial charge in [0.1, 0.15) is 5.75 Å².